The molecule has 5 aromatic rings. The van der Waals surface area contributed by atoms with Crippen molar-refractivity contribution in [3.05, 3.63) is 164 Å². The number of fused-ring (bicyclic) bond motifs is 1. The largest absolute Gasteiger partial charge is 0.508 e. The zero-order valence-corrected chi connectivity index (χ0v) is 44.3. The van der Waals surface area contributed by atoms with Crippen LogP contribution in [0.1, 0.15) is 200 Å². The summed E-state index contributed by atoms with van der Waals surface area (Å²) >= 11 is 0. The Balaban J connectivity index is 0.000000234. The maximum absolute atomic E-state index is 12.6. The van der Waals surface area contributed by atoms with E-state index in [0.717, 1.165) is 135 Å². The molecule has 72 heavy (non-hydrogen) atoms. The van der Waals surface area contributed by atoms with Crippen molar-refractivity contribution in [2.45, 2.75) is 174 Å². The van der Waals surface area contributed by atoms with Gasteiger partial charge in [0, 0.05) is 28.5 Å². The van der Waals surface area contributed by atoms with Crippen LogP contribution >= 0.6 is 0 Å². The lowest BCUT2D eigenvalue weighted by atomic mass is 9.70. The van der Waals surface area contributed by atoms with Gasteiger partial charge in [0.15, 0.2) is 0 Å². The zero-order valence-electron chi connectivity index (χ0n) is 44.3. The summed E-state index contributed by atoms with van der Waals surface area (Å²) in [4.78, 5) is 26.5. The van der Waals surface area contributed by atoms with Gasteiger partial charge in [-0.3, -0.25) is 14.5 Å². The van der Waals surface area contributed by atoms with Gasteiger partial charge >= 0.3 is 0 Å². The van der Waals surface area contributed by atoms with E-state index in [-0.39, 0.29) is 22.6 Å². The molecule has 0 unspecified atom stereocenters. The van der Waals surface area contributed by atoms with Crippen LogP contribution in [0.5, 0.6) is 11.5 Å². The van der Waals surface area contributed by atoms with Crippen molar-refractivity contribution in [3.63, 3.8) is 0 Å². The Morgan fingerprint density at radius 2 is 0.958 bits per heavy atom. The molecular formula is C65H77NO6. The quantitative estimate of drug-likeness (QED) is 0.0548. The third kappa shape index (κ3) is 11.5. The molecule has 3 N–H and O–H groups in total. The summed E-state index contributed by atoms with van der Waals surface area (Å²) < 4.78 is 6.17. The van der Waals surface area contributed by atoms with Crippen LogP contribution < -0.4 is 4.74 Å². The van der Waals surface area contributed by atoms with E-state index in [1.807, 2.05) is 13.0 Å². The van der Waals surface area contributed by atoms with Crippen molar-refractivity contribution in [2.75, 3.05) is 13.2 Å². The second-order valence-electron chi connectivity index (χ2n) is 20.8. The van der Waals surface area contributed by atoms with Crippen LogP contribution in [0.3, 0.4) is 0 Å². The number of imide groups is 1. The number of hydrogen-bond donors (Lipinski definition) is 3. The number of unbranched alkanes of at least 4 members (excludes halogenated alkanes) is 2. The molecule has 0 radical (unpaired) electrons. The Labute approximate surface area is 430 Å². The molecule has 8 rings (SSSR count). The number of aromatic hydroxyl groups is 1. The maximum atomic E-state index is 12.6. The standard InChI is InChI=1S/C39H45NO4.C26H32O2/c1-5-39(6-2,31-17-16-30(28(3)26-31)20-23-38(43)21-10-11-22-38)32-18-19-35(29(4)27-32)44-25-13-7-12-24-40-36(41)33-14-8-9-15-34(33)37(40)42;1-5-26(6-2,23-11-12-24(27)20(4)18-23)22-10-9-21(19(3)17-22)13-16-25(28)14-7-8-15-25/h8-9,14-19,26-27,43H,5-7,10-13,21-22,24-25H2,1-4H3;9-12,17-18,27-28H,5-8,14-15H2,1-4H3. The molecule has 0 saturated heterocycles. The molecule has 1 aliphatic heterocycles. The van der Waals surface area contributed by atoms with Crippen LogP contribution in [-0.2, 0) is 10.8 Å². The molecule has 0 spiro atoms. The smallest absolute Gasteiger partial charge is 0.261 e. The fourth-order valence-electron chi connectivity index (χ4n) is 11.4. The number of carbonyl (C=O) groups excluding carboxylic acids is 2. The van der Waals surface area contributed by atoms with Gasteiger partial charge in [0.2, 0.25) is 0 Å². The van der Waals surface area contributed by atoms with Crippen molar-refractivity contribution < 1.29 is 29.6 Å². The normalized spacial score (nSPS) is 15.8. The first kappa shape index (κ1) is 53.7. The van der Waals surface area contributed by atoms with Gasteiger partial charge in [-0.25, -0.2) is 0 Å². The van der Waals surface area contributed by atoms with E-state index in [0.29, 0.717) is 30.0 Å². The van der Waals surface area contributed by atoms with Gasteiger partial charge in [-0.05, 0) is 205 Å². The lowest BCUT2D eigenvalue weighted by Crippen LogP contribution is -2.30. The van der Waals surface area contributed by atoms with Gasteiger partial charge in [-0.1, -0.05) is 112 Å². The Kier molecular flexibility index (Phi) is 17.3. The maximum Gasteiger partial charge on any atom is 0.261 e. The van der Waals surface area contributed by atoms with E-state index in [2.05, 4.69) is 133 Å². The molecule has 7 heteroatoms. The molecule has 0 atom stereocenters. The fourth-order valence-corrected chi connectivity index (χ4v) is 11.4. The third-order valence-corrected chi connectivity index (χ3v) is 16.3. The topological polar surface area (TPSA) is 107 Å². The van der Waals surface area contributed by atoms with Crippen LogP contribution in [0.25, 0.3) is 0 Å². The molecule has 2 amide bonds. The molecule has 2 fully saturated rings. The van der Waals surface area contributed by atoms with Gasteiger partial charge in [-0.15, -0.1) is 0 Å². The monoisotopic (exact) mass is 968 g/mol. The van der Waals surface area contributed by atoms with Crippen LogP contribution in [0.4, 0.5) is 0 Å². The number of phenols is 1. The molecule has 7 nitrogen and oxygen atoms in total. The van der Waals surface area contributed by atoms with Crippen molar-refractivity contribution in [3.8, 4) is 35.2 Å². The van der Waals surface area contributed by atoms with Gasteiger partial charge in [0.05, 0.1) is 17.7 Å². The Bertz CT molecular complexity index is 2830. The van der Waals surface area contributed by atoms with Gasteiger partial charge < -0.3 is 20.1 Å². The van der Waals surface area contributed by atoms with E-state index < -0.39 is 11.2 Å². The summed E-state index contributed by atoms with van der Waals surface area (Å²) in [5.74, 6) is 13.6. The van der Waals surface area contributed by atoms with Crippen LogP contribution in [0.2, 0.25) is 0 Å². The van der Waals surface area contributed by atoms with E-state index in [1.54, 1.807) is 30.3 Å². The molecule has 5 aromatic carbocycles. The summed E-state index contributed by atoms with van der Waals surface area (Å²) in [5.41, 5.74) is 10.6. The number of ether oxygens (including phenoxy) is 1. The highest BCUT2D eigenvalue weighted by molar-refractivity contribution is 6.21. The summed E-state index contributed by atoms with van der Waals surface area (Å²) in [6.45, 7) is 18.3. The van der Waals surface area contributed by atoms with Gasteiger partial charge in [-0.2, -0.15) is 0 Å². The van der Waals surface area contributed by atoms with Crippen molar-refractivity contribution in [2.24, 2.45) is 0 Å². The number of amides is 2. The van der Waals surface area contributed by atoms with Crippen molar-refractivity contribution in [1.29, 1.82) is 0 Å². The highest BCUT2D eigenvalue weighted by Crippen LogP contribution is 2.43. The third-order valence-electron chi connectivity index (χ3n) is 16.3. The van der Waals surface area contributed by atoms with E-state index in [1.165, 1.54) is 27.2 Å². The number of nitrogens with zero attached hydrogens (tertiary/aromatic N) is 1. The predicted octanol–water partition coefficient (Wildman–Crippen LogP) is 13.7. The summed E-state index contributed by atoms with van der Waals surface area (Å²) in [5, 5.41) is 31.1. The minimum Gasteiger partial charge on any atom is -0.508 e. The first-order valence-electron chi connectivity index (χ1n) is 26.8. The SMILES string of the molecule is CCC(CC)(c1ccc(C#CC2(O)CCCC2)c(C)c1)c1ccc(OCCCCCN2C(=O)c3ccccc3C2=O)c(C)c1.CCC(CC)(c1ccc(O)c(C)c1)c1ccc(C#CC2(O)CCCC2)c(C)c1. The van der Waals surface area contributed by atoms with Crippen molar-refractivity contribution >= 4 is 11.8 Å². The number of rotatable bonds is 15. The summed E-state index contributed by atoms with van der Waals surface area (Å²) in [7, 11) is 0. The predicted molar refractivity (Wildman–Crippen MR) is 291 cm³/mol. The molecule has 0 aromatic heterocycles. The molecule has 2 aliphatic carbocycles. The number of aliphatic hydroxyl groups is 2. The van der Waals surface area contributed by atoms with Crippen LogP contribution in [-0.4, -0.2) is 56.4 Å². The van der Waals surface area contributed by atoms with E-state index in [4.69, 9.17) is 4.74 Å². The van der Waals surface area contributed by atoms with E-state index in [9.17, 15) is 24.9 Å². The number of benzene rings is 5. The number of hydrogen-bond acceptors (Lipinski definition) is 6. The zero-order chi connectivity index (χ0) is 51.7. The Morgan fingerprint density at radius 1 is 0.542 bits per heavy atom. The summed E-state index contributed by atoms with van der Waals surface area (Å²) in [6, 6.07) is 32.7. The minimum absolute atomic E-state index is 0.0845. The molecular weight excluding hydrogens is 891 g/mol. The molecule has 3 aliphatic rings. The Morgan fingerprint density at radius 3 is 1.38 bits per heavy atom. The van der Waals surface area contributed by atoms with Gasteiger partial charge in [0.25, 0.3) is 11.8 Å². The van der Waals surface area contributed by atoms with Crippen LogP contribution in [0, 0.1) is 51.4 Å². The lowest BCUT2D eigenvalue weighted by molar-refractivity contribution is 0.0650. The fraction of sp³-hybridized carbons (Fsp3) is 0.446. The highest BCUT2D eigenvalue weighted by atomic mass is 16.5. The molecule has 1 heterocycles. The number of carbonyl (C=O) groups is 2. The number of aryl methyl sites for hydroxylation is 4. The minimum atomic E-state index is -0.829. The molecule has 0 bridgehead atoms. The van der Waals surface area contributed by atoms with E-state index >= 15 is 0 Å². The average molecular weight is 968 g/mol. The average Bonchev–Trinajstić information content (AvgIpc) is 4.09. The number of phenolic OH excluding ortho intramolecular Hbond substituents is 1. The molecule has 378 valence electrons. The van der Waals surface area contributed by atoms with Crippen LogP contribution in [0.15, 0.2) is 97.1 Å². The lowest BCUT2D eigenvalue weighted by Gasteiger charge is -2.34. The second kappa shape index (κ2) is 23.2. The molecule has 2 saturated carbocycles. The van der Waals surface area contributed by atoms with Gasteiger partial charge in [0.1, 0.15) is 22.7 Å². The van der Waals surface area contributed by atoms with Crippen molar-refractivity contribution in [1.82, 2.24) is 4.90 Å². The first-order valence-corrected chi connectivity index (χ1v) is 26.8. The highest BCUT2D eigenvalue weighted by Gasteiger charge is 2.36. The Hall–Kier alpha value is -6.12. The second-order valence-corrected chi connectivity index (χ2v) is 20.8. The first-order chi connectivity index (χ1) is 34.5. The summed E-state index contributed by atoms with van der Waals surface area (Å²) in [6.07, 6.45) is 13.7.